The van der Waals surface area contributed by atoms with Crippen LogP contribution in [0.1, 0.15) is 26.2 Å². The summed E-state index contributed by atoms with van der Waals surface area (Å²) in [6.45, 7) is 2.77. The van der Waals surface area contributed by atoms with Gasteiger partial charge in [-0.3, -0.25) is 4.99 Å². The highest BCUT2D eigenvalue weighted by molar-refractivity contribution is 5.79. The summed E-state index contributed by atoms with van der Waals surface area (Å²) < 4.78 is 36.0. The molecule has 1 aliphatic carbocycles. The van der Waals surface area contributed by atoms with Gasteiger partial charge in [-0.1, -0.05) is 0 Å². The Kier molecular flexibility index (Phi) is 5.25. The van der Waals surface area contributed by atoms with Crippen LogP contribution in [0.25, 0.3) is 0 Å². The summed E-state index contributed by atoms with van der Waals surface area (Å²) in [7, 11) is 0. The van der Waals surface area contributed by atoms with Crippen LogP contribution in [0.3, 0.4) is 0 Å². The molecule has 0 aromatic carbocycles. The first-order valence-corrected chi connectivity index (χ1v) is 6.10. The van der Waals surface area contributed by atoms with Gasteiger partial charge >= 0.3 is 6.18 Å². The minimum Gasteiger partial charge on any atom is -0.396 e. The predicted molar refractivity (Wildman–Crippen MR) is 63.4 cm³/mol. The van der Waals surface area contributed by atoms with Crippen LogP contribution in [0.5, 0.6) is 0 Å². The van der Waals surface area contributed by atoms with Crippen molar-refractivity contribution in [3.05, 3.63) is 0 Å². The summed E-state index contributed by atoms with van der Waals surface area (Å²) in [6.07, 6.45) is -3.19. The summed E-state index contributed by atoms with van der Waals surface area (Å²) in [6, 6.07) is 0. The second-order valence-electron chi connectivity index (χ2n) is 4.65. The van der Waals surface area contributed by atoms with Crippen LogP contribution in [0.4, 0.5) is 13.2 Å². The number of aliphatic imine (C=N–C) groups is 1. The third-order valence-corrected chi connectivity index (χ3v) is 2.91. The van der Waals surface area contributed by atoms with E-state index in [2.05, 4.69) is 15.6 Å². The van der Waals surface area contributed by atoms with E-state index in [1.807, 2.05) is 6.92 Å². The fourth-order valence-corrected chi connectivity index (χ4v) is 1.45. The molecule has 0 aliphatic heterocycles. The van der Waals surface area contributed by atoms with Gasteiger partial charge in [0.15, 0.2) is 5.96 Å². The van der Waals surface area contributed by atoms with Crippen LogP contribution in [-0.4, -0.2) is 43.5 Å². The Morgan fingerprint density at radius 2 is 2.00 bits per heavy atom. The Morgan fingerprint density at radius 3 is 2.44 bits per heavy atom. The third-order valence-electron chi connectivity index (χ3n) is 2.91. The van der Waals surface area contributed by atoms with Crippen molar-refractivity contribution in [3.63, 3.8) is 0 Å². The Bertz CT molecular complexity index is 288. The molecule has 0 aromatic rings. The predicted octanol–water partition coefficient (Wildman–Crippen LogP) is 1.27. The van der Waals surface area contributed by atoms with Crippen molar-refractivity contribution in [3.8, 4) is 0 Å². The smallest absolute Gasteiger partial charge is 0.390 e. The molecular formula is C11H20F3N3O. The minimum absolute atomic E-state index is 0.0818. The van der Waals surface area contributed by atoms with Crippen LogP contribution in [-0.2, 0) is 0 Å². The molecule has 106 valence electrons. The normalized spacial score (nSPS) is 18.6. The van der Waals surface area contributed by atoms with E-state index in [4.69, 9.17) is 5.11 Å². The summed E-state index contributed by atoms with van der Waals surface area (Å²) in [4.78, 5) is 4.21. The highest BCUT2D eigenvalue weighted by Crippen LogP contribution is 2.45. The molecule has 0 atom stereocenters. The number of aliphatic hydroxyl groups excluding tert-OH is 1. The van der Waals surface area contributed by atoms with Gasteiger partial charge in [-0.15, -0.1) is 0 Å². The Balaban J connectivity index is 2.36. The molecule has 0 saturated heterocycles. The zero-order chi connectivity index (χ0) is 13.6. The van der Waals surface area contributed by atoms with Crippen molar-refractivity contribution in [1.29, 1.82) is 0 Å². The first-order valence-electron chi connectivity index (χ1n) is 6.10. The van der Waals surface area contributed by atoms with E-state index in [9.17, 15) is 13.2 Å². The molecule has 18 heavy (non-hydrogen) atoms. The molecule has 0 radical (unpaired) electrons. The van der Waals surface area contributed by atoms with E-state index in [0.717, 1.165) is 12.8 Å². The number of aliphatic hydroxyl groups is 1. The van der Waals surface area contributed by atoms with Crippen molar-refractivity contribution in [2.75, 3.05) is 26.2 Å². The van der Waals surface area contributed by atoms with Gasteiger partial charge in [-0.2, -0.15) is 13.2 Å². The van der Waals surface area contributed by atoms with E-state index in [1.165, 1.54) is 0 Å². The molecule has 0 spiro atoms. The molecule has 1 fully saturated rings. The molecule has 0 heterocycles. The number of halogens is 3. The second-order valence-corrected chi connectivity index (χ2v) is 4.65. The average molecular weight is 267 g/mol. The summed E-state index contributed by atoms with van der Waals surface area (Å²) in [5.74, 6) is 0.376. The van der Waals surface area contributed by atoms with Crippen LogP contribution in [0.15, 0.2) is 4.99 Å². The van der Waals surface area contributed by atoms with Gasteiger partial charge in [0.05, 0.1) is 19.6 Å². The molecule has 1 saturated carbocycles. The van der Waals surface area contributed by atoms with E-state index >= 15 is 0 Å². The number of guanidine groups is 1. The monoisotopic (exact) mass is 267 g/mol. The zero-order valence-electron chi connectivity index (χ0n) is 10.5. The van der Waals surface area contributed by atoms with Crippen molar-refractivity contribution in [1.82, 2.24) is 10.6 Å². The number of alkyl halides is 3. The molecule has 0 aromatic heterocycles. The molecule has 1 rings (SSSR count). The number of rotatable bonds is 6. The maximum Gasteiger partial charge on any atom is 0.390 e. The highest BCUT2D eigenvalue weighted by Gasteiger charge is 2.41. The minimum atomic E-state index is -4.16. The van der Waals surface area contributed by atoms with Gasteiger partial charge in [-0.25, -0.2) is 0 Å². The van der Waals surface area contributed by atoms with E-state index in [1.54, 1.807) is 0 Å². The van der Waals surface area contributed by atoms with E-state index in [-0.39, 0.29) is 18.6 Å². The van der Waals surface area contributed by atoms with Gasteiger partial charge in [0, 0.05) is 18.5 Å². The van der Waals surface area contributed by atoms with Crippen molar-refractivity contribution >= 4 is 5.96 Å². The zero-order valence-corrected chi connectivity index (χ0v) is 10.5. The Hall–Kier alpha value is -0.980. The van der Waals surface area contributed by atoms with Gasteiger partial charge in [-0.05, 0) is 19.8 Å². The van der Waals surface area contributed by atoms with Crippen LogP contribution in [0, 0.1) is 5.41 Å². The average Bonchev–Trinajstić information content (AvgIpc) is 3.05. The van der Waals surface area contributed by atoms with Crippen molar-refractivity contribution in [2.24, 2.45) is 10.4 Å². The van der Waals surface area contributed by atoms with Crippen molar-refractivity contribution < 1.29 is 18.3 Å². The maximum absolute atomic E-state index is 12.0. The molecule has 7 heteroatoms. The highest BCUT2D eigenvalue weighted by atomic mass is 19.4. The van der Waals surface area contributed by atoms with E-state index in [0.29, 0.717) is 19.0 Å². The summed E-state index contributed by atoms with van der Waals surface area (Å²) in [5, 5.41) is 14.6. The number of nitrogens with one attached hydrogen (secondary N) is 2. The van der Waals surface area contributed by atoms with Gasteiger partial charge in [0.2, 0.25) is 0 Å². The largest absolute Gasteiger partial charge is 0.396 e. The lowest BCUT2D eigenvalue weighted by Gasteiger charge is -2.14. The molecule has 0 bridgehead atoms. The summed E-state index contributed by atoms with van der Waals surface area (Å²) in [5.41, 5.74) is -0.133. The standard InChI is InChI=1S/C11H20F3N3O/c1-2-15-9(16-6-5-11(12,13)14)17-7-10(8-18)3-4-10/h18H,2-8H2,1H3,(H2,15,16,17). The molecule has 3 N–H and O–H groups in total. The summed E-state index contributed by atoms with van der Waals surface area (Å²) >= 11 is 0. The third kappa shape index (κ3) is 5.57. The number of nitrogens with zero attached hydrogens (tertiary/aromatic N) is 1. The number of hydrogen-bond acceptors (Lipinski definition) is 2. The fraction of sp³-hybridized carbons (Fsp3) is 0.909. The lowest BCUT2D eigenvalue weighted by molar-refractivity contribution is -0.132. The molecular weight excluding hydrogens is 247 g/mol. The lowest BCUT2D eigenvalue weighted by atomic mass is 10.1. The van der Waals surface area contributed by atoms with Crippen LogP contribution < -0.4 is 10.6 Å². The Morgan fingerprint density at radius 1 is 1.33 bits per heavy atom. The first-order chi connectivity index (χ1) is 8.41. The lowest BCUT2D eigenvalue weighted by Crippen LogP contribution is -2.39. The van der Waals surface area contributed by atoms with Crippen LogP contribution >= 0.6 is 0 Å². The first kappa shape index (κ1) is 15.1. The maximum atomic E-state index is 12.0. The molecule has 1 aliphatic rings. The SMILES string of the molecule is CCNC(=NCC1(CO)CC1)NCCC(F)(F)F. The molecule has 0 unspecified atom stereocenters. The topological polar surface area (TPSA) is 56.7 Å². The Labute approximate surface area is 105 Å². The van der Waals surface area contributed by atoms with Gasteiger partial charge in [0.25, 0.3) is 0 Å². The van der Waals surface area contributed by atoms with Gasteiger partial charge < -0.3 is 15.7 Å². The van der Waals surface area contributed by atoms with Gasteiger partial charge in [0.1, 0.15) is 0 Å². The fourth-order valence-electron chi connectivity index (χ4n) is 1.45. The second kappa shape index (κ2) is 6.26. The molecule has 0 amide bonds. The van der Waals surface area contributed by atoms with Crippen LogP contribution in [0.2, 0.25) is 0 Å². The quantitative estimate of drug-likeness (QED) is 0.502. The molecule has 4 nitrogen and oxygen atoms in total. The number of hydrogen-bond donors (Lipinski definition) is 3. The van der Waals surface area contributed by atoms with Crippen molar-refractivity contribution in [2.45, 2.75) is 32.4 Å². The van der Waals surface area contributed by atoms with E-state index < -0.39 is 12.6 Å².